The Labute approximate surface area is 113 Å². The van der Waals surface area contributed by atoms with Crippen LogP contribution in [0.1, 0.15) is 12.0 Å². The van der Waals surface area contributed by atoms with Crippen LogP contribution in [-0.4, -0.2) is 28.5 Å². The van der Waals surface area contributed by atoms with Gasteiger partial charge in [-0.1, -0.05) is 17.4 Å². The molecule has 2 aromatic rings. The second-order valence-corrected chi connectivity index (χ2v) is 5.72. The fraction of sp³-hybridized carbons (Fsp3) is 0.308. The van der Waals surface area contributed by atoms with Crippen LogP contribution >= 0.6 is 11.3 Å². The van der Waals surface area contributed by atoms with E-state index in [0.717, 1.165) is 15.8 Å². The SMILES string of the molecule is Cc1ccc2nc(N3CC(C(=O)O)CC3=O)sc2c1. The van der Waals surface area contributed by atoms with Gasteiger partial charge in [-0.15, -0.1) is 0 Å². The molecule has 6 heteroatoms. The lowest BCUT2D eigenvalue weighted by Gasteiger charge is -2.10. The Hall–Kier alpha value is -1.95. The van der Waals surface area contributed by atoms with Crippen LogP contribution in [0.4, 0.5) is 5.13 Å². The zero-order valence-corrected chi connectivity index (χ0v) is 11.1. The van der Waals surface area contributed by atoms with Crippen LogP contribution in [0.2, 0.25) is 0 Å². The van der Waals surface area contributed by atoms with Crippen molar-refractivity contribution in [3.63, 3.8) is 0 Å². The van der Waals surface area contributed by atoms with Gasteiger partial charge in [-0.3, -0.25) is 14.5 Å². The van der Waals surface area contributed by atoms with E-state index in [9.17, 15) is 9.59 Å². The average Bonchev–Trinajstić information content (AvgIpc) is 2.91. The maximum atomic E-state index is 11.9. The highest BCUT2D eigenvalue weighted by Crippen LogP contribution is 2.33. The molecule has 1 unspecified atom stereocenters. The quantitative estimate of drug-likeness (QED) is 0.911. The highest BCUT2D eigenvalue weighted by molar-refractivity contribution is 7.22. The molecule has 0 radical (unpaired) electrons. The molecule has 1 aliphatic heterocycles. The normalized spacial score (nSPS) is 19.3. The van der Waals surface area contributed by atoms with Gasteiger partial charge in [0, 0.05) is 13.0 Å². The summed E-state index contributed by atoms with van der Waals surface area (Å²) in [6.07, 6.45) is 0.0598. The first-order valence-electron chi connectivity index (χ1n) is 5.95. The summed E-state index contributed by atoms with van der Waals surface area (Å²) in [5.41, 5.74) is 1.98. The van der Waals surface area contributed by atoms with Crippen LogP contribution in [0.3, 0.4) is 0 Å². The van der Waals surface area contributed by atoms with E-state index in [2.05, 4.69) is 4.98 Å². The molecular formula is C13H12N2O3S. The van der Waals surface area contributed by atoms with E-state index in [-0.39, 0.29) is 18.9 Å². The summed E-state index contributed by atoms with van der Waals surface area (Å²) in [5, 5.41) is 9.57. The molecule has 0 bridgehead atoms. The first kappa shape index (κ1) is 12.1. The van der Waals surface area contributed by atoms with Crippen molar-refractivity contribution in [2.75, 3.05) is 11.4 Å². The monoisotopic (exact) mass is 276 g/mol. The second-order valence-electron chi connectivity index (χ2n) is 4.71. The Morgan fingerprint density at radius 2 is 2.32 bits per heavy atom. The highest BCUT2D eigenvalue weighted by Gasteiger charge is 2.36. The Morgan fingerprint density at radius 1 is 1.53 bits per heavy atom. The molecule has 1 amide bonds. The maximum absolute atomic E-state index is 11.9. The summed E-state index contributed by atoms with van der Waals surface area (Å²) in [6.45, 7) is 2.22. The lowest BCUT2D eigenvalue weighted by molar-refractivity contribution is -0.141. The number of aliphatic carboxylic acids is 1. The van der Waals surface area contributed by atoms with Crippen molar-refractivity contribution in [1.82, 2.24) is 4.98 Å². The number of carboxylic acid groups (broad SMARTS) is 1. The molecule has 1 fully saturated rings. The van der Waals surface area contributed by atoms with Gasteiger partial charge >= 0.3 is 5.97 Å². The Bertz CT molecular complexity index is 680. The summed E-state index contributed by atoms with van der Waals surface area (Å²) in [4.78, 5) is 28.7. The number of aryl methyl sites for hydroxylation is 1. The number of nitrogens with zero attached hydrogens (tertiary/aromatic N) is 2. The minimum absolute atomic E-state index is 0.0598. The molecular weight excluding hydrogens is 264 g/mol. The van der Waals surface area contributed by atoms with Gasteiger partial charge in [-0.05, 0) is 24.6 Å². The van der Waals surface area contributed by atoms with Crippen LogP contribution in [0.25, 0.3) is 10.2 Å². The van der Waals surface area contributed by atoms with E-state index < -0.39 is 11.9 Å². The predicted molar refractivity (Wildman–Crippen MR) is 72.5 cm³/mol. The molecule has 1 aromatic carbocycles. The van der Waals surface area contributed by atoms with Crippen molar-refractivity contribution in [3.8, 4) is 0 Å². The summed E-state index contributed by atoms with van der Waals surface area (Å²) in [6, 6.07) is 5.91. The van der Waals surface area contributed by atoms with Gasteiger partial charge in [0.25, 0.3) is 0 Å². The third-order valence-corrected chi connectivity index (χ3v) is 4.28. The molecule has 1 saturated heterocycles. The van der Waals surface area contributed by atoms with Gasteiger partial charge in [0.05, 0.1) is 16.1 Å². The molecule has 3 rings (SSSR count). The van der Waals surface area contributed by atoms with Crippen molar-refractivity contribution < 1.29 is 14.7 Å². The minimum Gasteiger partial charge on any atom is -0.481 e. The van der Waals surface area contributed by atoms with E-state index in [0.29, 0.717) is 5.13 Å². The number of aromatic nitrogens is 1. The lowest BCUT2D eigenvalue weighted by Crippen LogP contribution is -2.25. The standard InChI is InChI=1S/C13H12N2O3S/c1-7-2-3-9-10(4-7)19-13(14-9)15-6-8(12(17)18)5-11(15)16/h2-4,8H,5-6H2,1H3,(H,17,18). The van der Waals surface area contributed by atoms with Crippen LogP contribution in [-0.2, 0) is 9.59 Å². The third kappa shape index (κ3) is 2.08. The van der Waals surface area contributed by atoms with E-state index >= 15 is 0 Å². The number of fused-ring (bicyclic) bond motifs is 1. The number of hydrogen-bond acceptors (Lipinski definition) is 4. The smallest absolute Gasteiger partial charge is 0.308 e. The largest absolute Gasteiger partial charge is 0.481 e. The van der Waals surface area contributed by atoms with Crippen molar-refractivity contribution in [2.45, 2.75) is 13.3 Å². The average molecular weight is 276 g/mol. The van der Waals surface area contributed by atoms with E-state index in [1.165, 1.54) is 16.2 Å². The zero-order chi connectivity index (χ0) is 13.6. The molecule has 1 aliphatic rings. The van der Waals surface area contributed by atoms with Gasteiger partial charge in [-0.2, -0.15) is 0 Å². The Morgan fingerprint density at radius 3 is 3.00 bits per heavy atom. The summed E-state index contributed by atoms with van der Waals surface area (Å²) in [5.74, 6) is -1.71. The number of hydrogen-bond donors (Lipinski definition) is 1. The van der Waals surface area contributed by atoms with Gasteiger partial charge < -0.3 is 5.11 Å². The van der Waals surface area contributed by atoms with Crippen molar-refractivity contribution in [3.05, 3.63) is 23.8 Å². The summed E-state index contributed by atoms with van der Waals surface area (Å²) < 4.78 is 1.02. The van der Waals surface area contributed by atoms with Gasteiger partial charge in [-0.25, -0.2) is 4.98 Å². The maximum Gasteiger partial charge on any atom is 0.308 e. The number of anilines is 1. The molecule has 2 heterocycles. The Kier molecular flexibility index (Phi) is 2.74. The topological polar surface area (TPSA) is 70.5 Å². The lowest BCUT2D eigenvalue weighted by atomic mass is 10.1. The van der Waals surface area contributed by atoms with Gasteiger partial charge in [0.15, 0.2) is 5.13 Å². The second kappa shape index (κ2) is 4.31. The molecule has 1 aromatic heterocycles. The number of rotatable bonds is 2. The third-order valence-electron chi connectivity index (χ3n) is 3.24. The van der Waals surface area contributed by atoms with Crippen LogP contribution in [0, 0.1) is 12.8 Å². The summed E-state index contributed by atoms with van der Waals surface area (Å²) >= 11 is 1.43. The number of amides is 1. The minimum atomic E-state index is -0.923. The van der Waals surface area contributed by atoms with Crippen molar-refractivity contribution in [1.29, 1.82) is 0 Å². The molecule has 1 N–H and O–H groups in total. The number of benzene rings is 1. The van der Waals surface area contributed by atoms with Crippen molar-refractivity contribution >= 4 is 38.6 Å². The van der Waals surface area contributed by atoms with E-state index in [1.54, 1.807) is 0 Å². The predicted octanol–water partition coefficient (Wildman–Crippen LogP) is 2.04. The van der Waals surface area contributed by atoms with Gasteiger partial charge in [0.2, 0.25) is 5.91 Å². The van der Waals surface area contributed by atoms with Crippen molar-refractivity contribution in [2.24, 2.45) is 5.92 Å². The highest BCUT2D eigenvalue weighted by atomic mass is 32.1. The first-order valence-corrected chi connectivity index (χ1v) is 6.76. The molecule has 98 valence electrons. The van der Waals surface area contributed by atoms with Crippen LogP contribution in [0.5, 0.6) is 0 Å². The van der Waals surface area contributed by atoms with Gasteiger partial charge in [0.1, 0.15) is 0 Å². The fourth-order valence-electron chi connectivity index (χ4n) is 2.19. The Balaban J connectivity index is 1.96. The molecule has 5 nitrogen and oxygen atoms in total. The number of thiazole rings is 1. The van der Waals surface area contributed by atoms with Crippen LogP contribution < -0.4 is 4.90 Å². The zero-order valence-electron chi connectivity index (χ0n) is 10.3. The first-order chi connectivity index (χ1) is 9.04. The molecule has 0 spiro atoms. The van der Waals surface area contributed by atoms with E-state index in [1.807, 2.05) is 25.1 Å². The fourth-order valence-corrected chi connectivity index (χ4v) is 3.28. The molecule has 0 saturated carbocycles. The molecule has 0 aliphatic carbocycles. The summed E-state index contributed by atoms with van der Waals surface area (Å²) in [7, 11) is 0. The van der Waals surface area contributed by atoms with Crippen LogP contribution in [0.15, 0.2) is 18.2 Å². The number of carbonyl (C=O) groups excluding carboxylic acids is 1. The van der Waals surface area contributed by atoms with E-state index in [4.69, 9.17) is 5.11 Å². The molecule has 19 heavy (non-hydrogen) atoms. The molecule has 1 atom stereocenters. The number of carboxylic acids is 1. The number of carbonyl (C=O) groups is 2.